The smallest absolute Gasteiger partial charge is 0.326 e. The molecule has 1 atom stereocenters. The van der Waals surface area contributed by atoms with Crippen molar-refractivity contribution in [2.24, 2.45) is 0 Å². The Morgan fingerprint density at radius 1 is 1.30 bits per heavy atom. The van der Waals surface area contributed by atoms with E-state index in [-0.39, 0.29) is 5.91 Å². The summed E-state index contributed by atoms with van der Waals surface area (Å²) in [5.41, 5.74) is 2.43. The van der Waals surface area contributed by atoms with Crippen LogP contribution < -0.4 is 0 Å². The van der Waals surface area contributed by atoms with Crippen molar-refractivity contribution in [3.05, 3.63) is 53.3 Å². The van der Waals surface area contributed by atoms with Gasteiger partial charge in [-0.25, -0.2) is 4.79 Å². The zero-order valence-electron chi connectivity index (χ0n) is 13.0. The van der Waals surface area contributed by atoms with Crippen LogP contribution in [0, 0.1) is 0 Å². The number of amides is 1. The molecule has 120 valence electrons. The average molecular weight is 313 g/mol. The fourth-order valence-electron chi connectivity index (χ4n) is 2.95. The van der Waals surface area contributed by atoms with E-state index in [9.17, 15) is 14.7 Å². The number of hydrogen-bond acceptors (Lipinski definition) is 3. The summed E-state index contributed by atoms with van der Waals surface area (Å²) < 4.78 is 1.71. The molecule has 0 radical (unpaired) electrons. The summed E-state index contributed by atoms with van der Waals surface area (Å²) in [4.78, 5) is 25.8. The van der Waals surface area contributed by atoms with Crippen LogP contribution in [-0.4, -0.2) is 37.7 Å². The minimum absolute atomic E-state index is 0.283. The molecule has 1 N–H and O–H groups in total. The fourth-order valence-corrected chi connectivity index (χ4v) is 2.95. The van der Waals surface area contributed by atoms with Crippen LogP contribution >= 0.6 is 0 Å². The molecule has 1 amide bonds. The molecule has 1 unspecified atom stereocenters. The van der Waals surface area contributed by atoms with Gasteiger partial charge in [-0.3, -0.25) is 9.48 Å². The summed E-state index contributed by atoms with van der Waals surface area (Å²) in [5.74, 6) is -1.26. The number of fused-ring (bicyclic) bond motifs is 1. The average Bonchev–Trinajstić information content (AvgIpc) is 3.02. The lowest BCUT2D eigenvalue weighted by Crippen LogP contribution is -2.48. The van der Waals surface area contributed by atoms with Crippen molar-refractivity contribution in [2.45, 2.75) is 38.9 Å². The molecule has 2 aromatic rings. The highest BCUT2D eigenvalue weighted by Gasteiger charge is 2.35. The Morgan fingerprint density at radius 2 is 2.04 bits per heavy atom. The molecule has 0 aliphatic carbocycles. The van der Waals surface area contributed by atoms with Crippen LogP contribution in [0.25, 0.3) is 0 Å². The first-order chi connectivity index (χ1) is 11.1. The number of benzene rings is 1. The molecule has 23 heavy (non-hydrogen) atoms. The lowest BCUT2D eigenvalue weighted by molar-refractivity contribution is -0.142. The summed E-state index contributed by atoms with van der Waals surface area (Å²) >= 11 is 0. The number of carbonyl (C=O) groups excluding carboxylic acids is 1. The molecule has 0 fully saturated rings. The number of aliphatic carboxylic acids is 1. The Kier molecular flexibility index (Phi) is 4.14. The predicted molar refractivity (Wildman–Crippen MR) is 84.0 cm³/mol. The standard InChI is InChI=1S/C17H19N3O3/c1-2-7-19-10-14(9-18-19)16(21)20-11-13-6-4-3-5-12(13)8-15(20)17(22)23/h3-6,9-10,15H,2,7-8,11H2,1H3,(H,22,23). The molecule has 1 aromatic carbocycles. The zero-order chi connectivity index (χ0) is 16.4. The van der Waals surface area contributed by atoms with Gasteiger partial charge in [0.2, 0.25) is 0 Å². The Hall–Kier alpha value is -2.63. The van der Waals surface area contributed by atoms with Crippen LogP contribution in [0.15, 0.2) is 36.7 Å². The van der Waals surface area contributed by atoms with E-state index in [2.05, 4.69) is 5.10 Å². The summed E-state index contributed by atoms with van der Waals surface area (Å²) in [6.07, 6.45) is 4.45. The molecule has 3 rings (SSSR count). The molecule has 2 heterocycles. The molecule has 1 aromatic heterocycles. The fraction of sp³-hybridized carbons (Fsp3) is 0.353. The number of rotatable bonds is 4. The highest BCUT2D eigenvalue weighted by molar-refractivity contribution is 5.96. The molecular weight excluding hydrogens is 294 g/mol. The van der Waals surface area contributed by atoms with E-state index in [1.165, 1.54) is 11.1 Å². The van der Waals surface area contributed by atoms with E-state index in [4.69, 9.17) is 0 Å². The number of hydrogen-bond donors (Lipinski definition) is 1. The van der Waals surface area contributed by atoms with E-state index in [0.29, 0.717) is 18.5 Å². The molecule has 0 saturated heterocycles. The summed E-state index contributed by atoms with van der Waals surface area (Å²) in [6, 6.07) is 6.82. The van der Waals surface area contributed by atoms with Gasteiger partial charge in [0.05, 0.1) is 11.8 Å². The van der Waals surface area contributed by atoms with Gasteiger partial charge in [-0.1, -0.05) is 31.2 Å². The number of aromatic nitrogens is 2. The normalized spacial score (nSPS) is 16.9. The van der Waals surface area contributed by atoms with Crippen molar-refractivity contribution >= 4 is 11.9 Å². The third kappa shape index (κ3) is 2.97. The maximum Gasteiger partial charge on any atom is 0.326 e. The third-order valence-electron chi connectivity index (χ3n) is 4.13. The van der Waals surface area contributed by atoms with Gasteiger partial charge in [0.1, 0.15) is 6.04 Å². The second kappa shape index (κ2) is 6.24. The molecule has 1 aliphatic heterocycles. The van der Waals surface area contributed by atoms with Crippen molar-refractivity contribution in [3.8, 4) is 0 Å². The monoisotopic (exact) mass is 313 g/mol. The van der Waals surface area contributed by atoms with Crippen LogP contribution in [0.5, 0.6) is 0 Å². The maximum absolute atomic E-state index is 12.8. The molecule has 0 spiro atoms. The summed E-state index contributed by atoms with van der Waals surface area (Å²) in [7, 11) is 0. The van der Waals surface area contributed by atoms with Gasteiger partial charge in [0.25, 0.3) is 5.91 Å². The van der Waals surface area contributed by atoms with Crippen LogP contribution in [0.4, 0.5) is 0 Å². The molecule has 6 heteroatoms. The first-order valence-corrected chi connectivity index (χ1v) is 7.73. The largest absolute Gasteiger partial charge is 0.480 e. The molecular formula is C17H19N3O3. The number of carboxylic acid groups (broad SMARTS) is 1. The number of carboxylic acids is 1. The zero-order valence-corrected chi connectivity index (χ0v) is 13.0. The van der Waals surface area contributed by atoms with Crippen LogP contribution in [0.3, 0.4) is 0 Å². The SMILES string of the molecule is CCCn1cc(C(=O)N2Cc3ccccc3CC2C(=O)O)cn1. The van der Waals surface area contributed by atoms with Gasteiger partial charge in [-0.15, -0.1) is 0 Å². The highest BCUT2D eigenvalue weighted by atomic mass is 16.4. The predicted octanol–water partition coefficient (Wildman–Crippen LogP) is 1.94. The van der Waals surface area contributed by atoms with Gasteiger partial charge in [-0.05, 0) is 17.5 Å². The Morgan fingerprint density at radius 3 is 2.74 bits per heavy atom. The maximum atomic E-state index is 12.8. The molecule has 0 saturated carbocycles. The number of aryl methyl sites for hydroxylation is 1. The Bertz CT molecular complexity index is 738. The molecule has 1 aliphatic rings. The van der Waals surface area contributed by atoms with E-state index < -0.39 is 12.0 Å². The lowest BCUT2D eigenvalue weighted by atomic mass is 9.93. The summed E-state index contributed by atoms with van der Waals surface area (Å²) in [5, 5.41) is 13.7. The first-order valence-electron chi connectivity index (χ1n) is 7.73. The highest BCUT2D eigenvalue weighted by Crippen LogP contribution is 2.25. The van der Waals surface area contributed by atoms with Gasteiger partial charge < -0.3 is 10.0 Å². The number of carbonyl (C=O) groups is 2. The second-order valence-corrected chi connectivity index (χ2v) is 5.75. The second-order valence-electron chi connectivity index (χ2n) is 5.75. The van der Waals surface area contributed by atoms with Crippen molar-refractivity contribution in [3.63, 3.8) is 0 Å². The number of nitrogens with zero attached hydrogens (tertiary/aromatic N) is 3. The van der Waals surface area contributed by atoms with Crippen LogP contribution in [0.2, 0.25) is 0 Å². The van der Waals surface area contributed by atoms with Crippen LogP contribution in [-0.2, 0) is 24.3 Å². The van der Waals surface area contributed by atoms with Gasteiger partial charge in [0, 0.05) is 25.7 Å². The van der Waals surface area contributed by atoms with Gasteiger partial charge in [-0.2, -0.15) is 5.10 Å². The van der Waals surface area contributed by atoms with Crippen molar-refractivity contribution < 1.29 is 14.7 Å². The van der Waals surface area contributed by atoms with Crippen molar-refractivity contribution in [1.82, 2.24) is 14.7 Å². The van der Waals surface area contributed by atoms with E-state index in [1.54, 1.807) is 10.9 Å². The third-order valence-corrected chi connectivity index (χ3v) is 4.13. The lowest BCUT2D eigenvalue weighted by Gasteiger charge is -2.34. The Labute approximate surface area is 134 Å². The van der Waals surface area contributed by atoms with Crippen molar-refractivity contribution in [1.29, 1.82) is 0 Å². The quantitative estimate of drug-likeness (QED) is 0.936. The van der Waals surface area contributed by atoms with E-state index in [0.717, 1.165) is 24.1 Å². The van der Waals surface area contributed by atoms with Crippen LogP contribution in [0.1, 0.15) is 34.8 Å². The minimum atomic E-state index is -0.978. The van der Waals surface area contributed by atoms with Crippen molar-refractivity contribution in [2.75, 3.05) is 0 Å². The minimum Gasteiger partial charge on any atom is -0.480 e. The Balaban J connectivity index is 1.89. The topological polar surface area (TPSA) is 75.4 Å². The first kappa shape index (κ1) is 15.3. The van der Waals surface area contributed by atoms with E-state index >= 15 is 0 Å². The van der Waals surface area contributed by atoms with Gasteiger partial charge in [0.15, 0.2) is 0 Å². The summed E-state index contributed by atoms with van der Waals surface area (Å²) in [6.45, 7) is 3.08. The molecule has 0 bridgehead atoms. The molecule has 6 nitrogen and oxygen atoms in total. The van der Waals surface area contributed by atoms with E-state index in [1.807, 2.05) is 31.2 Å². The van der Waals surface area contributed by atoms with Gasteiger partial charge >= 0.3 is 5.97 Å².